The molecule has 0 aliphatic rings. The molecule has 0 aliphatic heterocycles. The van der Waals surface area contributed by atoms with Crippen LogP contribution in [0.4, 0.5) is 0 Å². The molecule has 7 heteroatoms. The van der Waals surface area contributed by atoms with Crippen LogP contribution in [0, 0.1) is 13.8 Å². The minimum Gasteiger partial charge on any atom is -0.469 e. The summed E-state index contributed by atoms with van der Waals surface area (Å²) in [6.45, 7) is 4.64. The molecule has 0 spiro atoms. The number of nitrogens with zero attached hydrogens (tertiary/aromatic N) is 2. The first-order valence-corrected chi connectivity index (χ1v) is 11.2. The predicted molar refractivity (Wildman–Crippen MR) is 122 cm³/mol. The van der Waals surface area contributed by atoms with Crippen molar-refractivity contribution in [3.8, 4) is 0 Å². The fourth-order valence-corrected chi connectivity index (χ4v) is 3.76. The Kier molecular flexibility index (Phi) is 7.52. The number of benzene rings is 2. The molecule has 1 unspecified atom stereocenters. The maximum absolute atomic E-state index is 12.9. The zero-order chi connectivity index (χ0) is 22.4. The van der Waals surface area contributed by atoms with E-state index in [9.17, 15) is 9.59 Å². The van der Waals surface area contributed by atoms with Gasteiger partial charge in [-0.2, -0.15) is 5.10 Å². The van der Waals surface area contributed by atoms with Crippen molar-refractivity contribution in [2.45, 2.75) is 37.8 Å². The van der Waals surface area contributed by atoms with Crippen LogP contribution in [0.5, 0.6) is 0 Å². The third-order valence-corrected chi connectivity index (χ3v) is 5.82. The summed E-state index contributed by atoms with van der Waals surface area (Å²) in [5, 5.41) is 7.45. The predicted octanol–water partition coefficient (Wildman–Crippen LogP) is 4.30. The third-order valence-electron chi connectivity index (χ3n) is 5.07. The molecule has 1 heterocycles. The van der Waals surface area contributed by atoms with Crippen LogP contribution in [0.3, 0.4) is 0 Å². The van der Waals surface area contributed by atoms with Crippen LogP contribution in [0.2, 0.25) is 0 Å². The zero-order valence-electron chi connectivity index (χ0n) is 18.2. The molecule has 1 atom stereocenters. The molecule has 0 saturated carbocycles. The highest BCUT2D eigenvalue weighted by atomic mass is 32.2. The van der Waals surface area contributed by atoms with Gasteiger partial charge in [0.05, 0.1) is 31.8 Å². The Morgan fingerprint density at radius 2 is 1.77 bits per heavy atom. The first-order chi connectivity index (χ1) is 14.9. The summed E-state index contributed by atoms with van der Waals surface area (Å²) >= 11 is 1.64. The van der Waals surface area contributed by atoms with Gasteiger partial charge < -0.3 is 10.1 Å². The Morgan fingerprint density at radius 1 is 1.10 bits per heavy atom. The van der Waals surface area contributed by atoms with Gasteiger partial charge in [-0.15, -0.1) is 11.8 Å². The van der Waals surface area contributed by atoms with Crippen LogP contribution in [-0.2, 0) is 16.1 Å². The molecule has 1 aromatic heterocycles. The van der Waals surface area contributed by atoms with Gasteiger partial charge in [0.25, 0.3) is 5.91 Å². The highest BCUT2D eigenvalue weighted by molar-refractivity contribution is 7.98. The van der Waals surface area contributed by atoms with Gasteiger partial charge >= 0.3 is 5.97 Å². The van der Waals surface area contributed by atoms with Crippen molar-refractivity contribution in [1.29, 1.82) is 0 Å². The van der Waals surface area contributed by atoms with E-state index in [0.717, 1.165) is 27.4 Å². The van der Waals surface area contributed by atoms with Crippen LogP contribution in [0.1, 0.15) is 45.3 Å². The lowest BCUT2D eigenvalue weighted by Crippen LogP contribution is -2.30. The normalized spacial score (nSPS) is 11.7. The number of aromatic nitrogens is 2. The summed E-state index contributed by atoms with van der Waals surface area (Å²) in [5.41, 5.74) is 4.53. The molecule has 3 aromatic rings. The smallest absolute Gasteiger partial charge is 0.307 e. The van der Waals surface area contributed by atoms with Gasteiger partial charge in [-0.3, -0.25) is 14.3 Å². The van der Waals surface area contributed by atoms with Crippen LogP contribution < -0.4 is 5.32 Å². The number of thioether (sulfide) groups is 1. The lowest BCUT2D eigenvalue weighted by molar-refractivity contribution is -0.141. The van der Waals surface area contributed by atoms with E-state index in [1.54, 1.807) is 23.9 Å². The quantitative estimate of drug-likeness (QED) is 0.420. The second-order valence-corrected chi connectivity index (χ2v) is 8.24. The molecule has 1 amide bonds. The highest BCUT2D eigenvalue weighted by Gasteiger charge is 2.20. The van der Waals surface area contributed by atoms with Crippen LogP contribution in [0.25, 0.3) is 0 Å². The number of ether oxygens (including phenoxy) is 1. The molecule has 6 nitrogen and oxygen atoms in total. The molecule has 2 aromatic carbocycles. The SMILES string of the molecule is COC(=O)CC(NC(=O)c1ccc(Cn2nc(C)cc2C)cc1)c1ccc(SC)cc1. The van der Waals surface area contributed by atoms with Gasteiger partial charge in [0, 0.05) is 16.2 Å². The fourth-order valence-electron chi connectivity index (χ4n) is 3.35. The maximum Gasteiger partial charge on any atom is 0.307 e. The van der Waals surface area contributed by atoms with E-state index in [1.165, 1.54) is 7.11 Å². The van der Waals surface area contributed by atoms with E-state index >= 15 is 0 Å². The molecule has 0 radical (unpaired) electrons. The summed E-state index contributed by atoms with van der Waals surface area (Å²) in [5.74, 6) is -0.611. The number of methoxy groups -OCH3 is 1. The summed E-state index contributed by atoms with van der Waals surface area (Å²) in [6, 6.07) is 16.8. The highest BCUT2D eigenvalue weighted by Crippen LogP contribution is 2.22. The van der Waals surface area contributed by atoms with Crippen LogP contribution in [0.15, 0.2) is 59.5 Å². The van der Waals surface area contributed by atoms with Gasteiger partial charge in [0.2, 0.25) is 0 Å². The molecule has 31 heavy (non-hydrogen) atoms. The summed E-state index contributed by atoms with van der Waals surface area (Å²) < 4.78 is 6.75. The van der Waals surface area contributed by atoms with E-state index < -0.39 is 6.04 Å². The molecular weight excluding hydrogens is 410 g/mol. The van der Waals surface area contributed by atoms with Crippen molar-refractivity contribution in [3.05, 3.63) is 82.7 Å². The van der Waals surface area contributed by atoms with Gasteiger partial charge in [-0.1, -0.05) is 24.3 Å². The minimum absolute atomic E-state index is 0.0663. The number of nitrogens with one attached hydrogen (secondary N) is 1. The molecule has 3 rings (SSSR count). The number of rotatable bonds is 8. The largest absolute Gasteiger partial charge is 0.469 e. The average Bonchev–Trinajstić information content (AvgIpc) is 3.10. The second kappa shape index (κ2) is 10.3. The van der Waals surface area contributed by atoms with Crippen LogP contribution in [-0.4, -0.2) is 35.0 Å². The number of esters is 1. The molecule has 0 aliphatic carbocycles. The van der Waals surface area contributed by atoms with Gasteiger partial charge in [-0.25, -0.2) is 0 Å². The van der Waals surface area contributed by atoms with E-state index in [2.05, 4.69) is 10.4 Å². The second-order valence-electron chi connectivity index (χ2n) is 7.36. The number of carbonyl (C=O) groups excluding carboxylic acids is 2. The number of carbonyl (C=O) groups is 2. The van der Waals surface area contributed by atoms with Crippen molar-refractivity contribution in [1.82, 2.24) is 15.1 Å². The van der Waals surface area contributed by atoms with E-state index in [0.29, 0.717) is 12.1 Å². The maximum atomic E-state index is 12.9. The van der Waals surface area contributed by atoms with E-state index in [-0.39, 0.29) is 18.3 Å². The van der Waals surface area contributed by atoms with Gasteiger partial charge in [0.15, 0.2) is 0 Å². The lowest BCUT2D eigenvalue weighted by Gasteiger charge is -2.19. The Bertz CT molecular complexity index is 1040. The Balaban J connectivity index is 1.72. The first-order valence-electron chi connectivity index (χ1n) is 10.0. The molecule has 162 valence electrons. The molecule has 0 bridgehead atoms. The first kappa shape index (κ1) is 22.6. The molecule has 0 fully saturated rings. The van der Waals surface area contributed by atoms with Crippen LogP contribution >= 0.6 is 11.8 Å². The van der Waals surface area contributed by atoms with Crippen molar-refractivity contribution < 1.29 is 14.3 Å². The lowest BCUT2D eigenvalue weighted by atomic mass is 10.0. The third kappa shape index (κ3) is 5.98. The standard InChI is InChI=1S/C24H27N3O3S/c1-16-13-17(2)27(26-16)15-18-5-7-20(8-6-18)24(29)25-22(14-23(28)30-3)19-9-11-21(31-4)12-10-19/h5-13,22H,14-15H2,1-4H3,(H,25,29). The Morgan fingerprint density at radius 3 is 2.32 bits per heavy atom. The minimum atomic E-state index is -0.467. The summed E-state index contributed by atoms with van der Waals surface area (Å²) in [7, 11) is 1.35. The van der Waals surface area contributed by atoms with Crippen molar-refractivity contribution >= 4 is 23.6 Å². The topological polar surface area (TPSA) is 73.2 Å². The number of amides is 1. The summed E-state index contributed by atoms with van der Waals surface area (Å²) in [4.78, 5) is 25.9. The van der Waals surface area contributed by atoms with Crippen molar-refractivity contribution in [2.75, 3.05) is 13.4 Å². The number of hydrogen-bond acceptors (Lipinski definition) is 5. The zero-order valence-corrected chi connectivity index (χ0v) is 19.0. The Hall–Kier alpha value is -3.06. The monoisotopic (exact) mass is 437 g/mol. The summed E-state index contributed by atoms with van der Waals surface area (Å²) in [6.07, 6.45) is 2.07. The number of aryl methyl sites for hydroxylation is 2. The van der Waals surface area contributed by atoms with Gasteiger partial charge in [-0.05, 0) is 61.6 Å². The molecule has 1 N–H and O–H groups in total. The molecule has 0 saturated heterocycles. The Labute approximate surface area is 187 Å². The van der Waals surface area contributed by atoms with Crippen molar-refractivity contribution in [3.63, 3.8) is 0 Å². The molecular formula is C24H27N3O3S. The number of hydrogen-bond donors (Lipinski definition) is 1. The average molecular weight is 438 g/mol. The van der Waals surface area contributed by atoms with E-state index in [1.807, 2.05) is 67.2 Å². The van der Waals surface area contributed by atoms with Gasteiger partial charge in [0.1, 0.15) is 0 Å². The van der Waals surface area contributed by atoms with Crippen molar-refractivity contribution in [2.24, 2.45) is 0 Å². The fraction of sp³-hybridized carbons (Fsp3) is 0.292. The van der Waals surface area contributed by atoms with E-state index in [4.69, 9.17) is 4.74 Å².